The number of alkyl halides is 3. The van der Waals surface area contributed by atoms with Crippen molar-refractivity contribution < 1.29 is 32.2 Å². The minimum absolute atomic E-state index is 0.0859. The van der Waals surface area contributed by atoms with E-state index in [4.69, 9.17) is 9.47 Å². The molecule has 2 aromatic heterocycles. The molecule has 2 atom stereocenters. The van der Waals surface area contributed by atoms with Crippen LogP contribution in [0.4, 0.5) is 22.8 Å². The number of nitrogens with one attached hydrogen (secondary N) is 2. The molecule has 50 heavy (non-hydrogen) atoms. The SMILES string of the molecule is CC(C)(C)OC(=O)N1CCC[C@H]1c1ncc(-c2ccc(-c3ccc(-c4[nH]c([C@@H]5CCCN5C(=O)OC(C)(C)C)nc4C(F)(F)F)cc3)cc2)[nH]1. The molecular weight excluding hydrogens is 649 g/mol. The van der Waals surface area contributed by atoms with Crippen LogP contribution in [0.5, 0.6) is 0 Å². The molecule has 2 aromatic carbocycles. The fraction of sp³-hybridized carbons (Fsp3) is 0.459. The van der Waals surface area contributed by atoms with E-state index in [1.807, 2.05) is 45.0 Å². The average molecular weight is 693 g/mol. The van der Waals surface area contributed by atoms with E-state index < -0.39 is 35.2 Å². The summed E-state index contributed by atoms with van der Waals surface area (Å²) in [5, 5.41) is 0. The van der Waals surface area contributed by atoms with Crippen LogP contribution < -0.4 is 0 Å². The van der Waals surface area contributed by atoms with Crippen molar-refractivity contribution in [1.29, 1.82) is 0 Å². The molecular formula is C37H43F3N6O4. The van der Waals surface area contributed by atoms with Crippen molar-refractivity contribution in [3.05, 3.63) is 72.1 Å². The van der Waals surface area contributed by atoms with E-state index in [0.717, 1.165) is 35.2 Å². The van der Waals surface area contributed by atoms with Gasteiger partial charge in [0.2, 0.25) is 0 Å². The third-order valence-electron chi connectivity index (χ3n) is 8.68. The standard InChI is InChI=1S/C37H43F3N6O4/c1-35(2,3)49-33(47)45-19-7-9-27(45)31-41-21-26(42-31)24-15-11-22(12-16-24)23-13-17-25(18-14-23)29-30(37(38,39)40)44-32(43-29)28-10-8-20-46(28)34(48)50-36(4,5)6/h11-18,21,27-28H,7-10,19-20H2,1-6H3,(H,41,42)(H,43,44)/t27-,28-/m0/s1. The monoisotopic (exact) mass is 692 g/mol. The summed E-state index contributed by atoms with van der Waals surface area (Å²) in [6, 6.07) is 13.7. The van der Waals surface area contributed by atoms with Crippen molar-refractivity contribution in [2.24, 2.45) is 0 Å². The van der Waals surface area contributed by atoms with Crippen LogP contribution >= 0.6 is 0 Å². The highest BCUT2D eigenvalue weighted by atomic mass is 19.4. The van der Waals surface area contributed by atoms with Crippen LogP contribution in [0.3, 0.4) is 0 Å². The number of hydrogen-bond donors (Lipinski definition) is 2. The Kier molecular flexibility index (Phi) is 9.21. The quantitative estimate of drug-likeness (QED) is 0.215. The molecule has 0 bridgehead atoms. The van der Waals surface area contributed by atoms with Gasteiger partial charge < -0.3 is 19.4 Å². The number of carbonyl (C=O) groups is 2. The molecule has 2 amide bonds. The van der Waals surface area contributed by atoms with E-state index in [1.165, 1.54) is 4.90 Å². The van der Waals surface area contributed by atoms with Gasteiger partial charge in [0.25, 0.3) is 0 Å². The van der Waals surface area contributed by atoms with Crippen LogP contribution in [0.1, 0.15) is 96.7 Å². The number of halogens is 3. The molecule has 0 saturated carbocycles. The van der Waals surface area contributed by atoms with Crippen LogP contribution in [-0.2, 0) is 15.7 Å². The summed E-state index contributed by atoms with van der Waals surface area (Å²) in [5.41, 5.74) is 1.25. The minimum atomic E-state index is -4.70. The third kappa shape index (κ3) is 7.66. The Bertz CT molecular complexity index is 1830. The smallest absolute Gasteiger partial charge is 0.435 e. The second-order valence-corrected chi connectivity index (χ2v) is 14.8. The van der Waals surface area contributed by atoms with Gasteiger partial charge >= 0.3 is 18.4 Å². The fourth-order valence-electron chi connectivity index (χ4n) is 6.47. The van der Waals surface area contributed by atoms with Gasteiger partial charge in [-0.15, -0.1) is 0 Å². The zero-order valence-corrected chi connectivity index (χ0v) is 29.1. The molecule has 2 fully saturated rings. The Labute approximate surface area is 289 Å². The number of likely N-dealkylation sites (tertiary alicyclic amines) is 2. The topological polar surface area (TPSA) is 116 Å². The van der Waals surface area contributed by atoms with Crippen LogP contribution in [0.15, 0.2) is 54.7 Å². The Morgan fingerprint density at radius 3 is 1.64 bits per heavy atom. The van der Waals surface area contributed by atoms with E-state index in [-0.39, 0.29) is 23.7 Å². The molecule has 2 saturated heterocycles. The highest BCUT2D eigenvalue weighted by Crippen LogP contribution is 2.40. The summed E-state index contributed by atoms with van der Waals surface area (Å²) >= 11 is 0. The van der Waals surface area contributed by atoms with Crippen LogP contribution in [-0.4, -0.2) is 66.2 Å². The summed E-state index contributed by atoms with van der Waals surface area (Å²) in [4.78, 5) is 43.6. The van der Waals surface area contributed by atoms with Gasteiger partial charge in [0.1, 0.15) is 22.9 Å². The molecule has 0 unspecified atom stereocenters. The molecule has 0 spiro atoms. The minimum Gasteiger partial charge on any atom is -0.444 e. The molecule has 13 heteroatoms. The maximum Gasteiger partial charge on any atom is 0.435 e. The first-order chi connectivity index (χ1) is 23.5. The number of hydrogen-bond acceptors (Lipinski definition) is 6. The zero-order valence-electron chi connectivity index (χ0n) is 29.1. The number of aromatic nitrogens is 4. The van der Waals surface area contributed by atoms with Crippen molar-refractivity contribution in [3.8, 4) is 33.6 Å². The highest BCUT2D eigenvalue weighted by Gasteiger charge is 2.41. The van der Waals surface area contributed by atoms with E-state index >= 15 is 0 Å². The number of nitrogens with zero attached hydrogens (tertiary/aromatic N) is 4. The van der Waals surface area contributed by atoms with E-state index in [2.05, 4.69) is 19.9 Å². The lowest BCUT2D eigenvalue weighted by molar-refractivity contribution is -0.140. The second kappa shape index (κ2) is 13.1. The van der Waals surface area contributed by atoms with E-state index in [0.29, 0.717) is 37.3 Å². The first-order valence-corrected chi connectivity index (χ1v) is 16.9. The highest BCUT2D eigenvalue weighted by molar-refractivity contribution is 5.73. The predicted molar refractivity (Wildman–Crippen MR) is 182 cm³/mol. The number of aromatic amines is 2. The average Bonchev–Trinajstić information content (AvgIpc) is 3.85. The molecule has 2 aliphatic heterocycles. The summed E-state index contributed by atoms with van der Waals surface area (Å²) < 4.78 is 53.8. The normalized spacial score (nSPS) is 18.5. The Morgan fingerprint density at radius 1 is 0.700 bits per heavy atom. The van der Waals surface area contributed by atoms with Gasteiger partial charge in [-0.1, -0.05) is 48.5 Å². The molecule has 2 aliphatic rings. The van der Waals surface area contributed by atoms with E-state index in [9.17, 15) is 22.8 Å². The molecule has 4 heterocycles. The van der Waals surface area contributed by atoms with E-state index in [1.54, 1.807) is 56.1 Å². The molecule has 10 nitrogen and oxygen atoms in total. The number of carbonyl (C=O) groups excluding carboxylic acids is 2. The fourth-order valence-corrected chi connectivity index (χ4v) is 6.47. The number of rotatable bonds is 5. The first-order valence-electron chi connectivity index (χ1n) is 16.9. The lowest BCUT2D eigenvalue weighted by Crippen LogP contribution is -2.36. The molecule has 0 aliphatic carbocycles. The summed E-state index contributed by atoms with van der Waals surface area (Å²) in [6.07, 6.45) is -1.13. The van der Waals surface area contributed by atoms with Crippen molar-refractivity contribution >= 4 is 12.2 Å². The van der Waals surface area contributed by atoms with Crippen molar-refractivity contribution in [3.63, 3.8) is 0 Å². The maximum absolute atomic E-state index is 14.2. The Balaban J connectivity index is 1.18. The van der Waals surface area contributed by atoms with Gasteiger partial charge in [0.15, 0.2) is 5.69 Å². The van der Waals surface area contributed by atoms with Crippen molar-refractivity contribution in [2.45, 2.75) is 96.7 Å². The number of imidazole rings is 2. The van der Waals surface area contributed by atoms with Gasteiger partial charge in [0, 0.05) is 18.7 Å². The van der Waals surface area contributed by atoms with Gasteiger partial charge in [-0.05, 0) is 83.9 Å². The number of ether oxygens (including phenoxy) is 2. The van der Waals surface area contributed by atoms with Crippen LogP contribution in [0.25, 0.3) is 33.6 Å². The number of benzene rings is 2. The van der Waals surface area contributed by atoms with Crippen molar-refractivity contribution in [1.82, 2.24) is 29.7 Å². The van der Waals surface area contributed by atoms with Crippen molar-refractivity contribution in [2.75, 3.05) is 13.1 Å². The third-order valence-corrected chi connectivity index (χ3v) is 8.68. The van der Waals surface area contributed by atoms with Gasteiger partial charge in [-0.2, -0.15) is 13.2 Å². The molecule has 266 valence electrons. The Hall–Kier alpha value is -4.81. The molecule has 0 radical (unpaired) electrons. The first kappa shape index (κ1) is 35.0. The summed E-state index contributed by atoms with van der Waals surface area (Å²) in [7, 11) is 0. The maximum atomic E-state index is 14.2. The van der Waals surface area contributed by atoms with Crippen LogP contribution in [0, 0.1) is 0 Å². The molecule has 2 N–H and O–H groups in total. The predicted octanol–water partition coefficient (Wildman–Crippen LogP) is 9.30. The number of amides is 2. The largest absolute Gasteiger partial charge is 0.444 e. The number of H-pyrrole nitrogens is 2. The van der Waals surface area contributed by atoms with Gasteiger partial charge in [0.05, 0.1) is 29.7 Å². The second-order valence-electron chi connectivity index (χ2n) is 14.8. The van der Waals surface area contributed by atoms with Gasteiger partial charge in [-0.25, -0.2) is 19.6 Å². The summed E-state index contributed by atoms with van der Waals surface area (Å²) in [6.45, 7) is 11.8. The van der Waals surface area contributed by atoms with Gasteiger partial charge in [-0.3, -0.25) is 9.80 Å². The van der Waals surface area contributed by atoms with Crippen LogP contribution in [0.2, 0.25) is 0 Å². The lowest BCUT2D eigenvalue weighted by Gasteiger charge is -2.27. The lowest BCUT2D eigenvalue weighted by atomic mass is 10.0. The zero-order chi connectivity index (χ0) is 36.0. The molecule has 4 aromatic rings. The molecule has 6 rings (SSSR count). The summed E-state index contributed by atoms with van der Waals surface area (Å²) in [5.74, 6) is 0.788. The Morgan fingerprint density at radius 2 is 1.16 bits per heavy atom.